The lowest BCUT2D eigenvalue weighted by molar-refractivity contribution is 0.0649. The number of hydrogen-bond acceptors (Lipinski definition) is 2. The lowest BCUT2D eigenvalue weighted by Gasteiger charge is -2.31. The number of carbonyl (C=O) groups is 1. The molecule has 1 N–H and O–H groups in total. The number of nitrogens with zero attached hydrogens (tertiary/aromatic N) is 1. The number of phenols is 1. The van der Waals surface area contributed by atoms with Crippen molar-refractivity contribution in [1.82, 2.24) is 4.90 Å². The van der Waals surface area contributed by atoms with Gasteiger partial charge in [-0.2, -0.15) is 0 Å². The van der Waals surface area contributed by atoms with Crippen molar-refractivity contribution in [2.24, 2.45) is 0 Å². The maximum Gasteiger partial charge on any atom is 0.258 e. The third-order valence-corrected chi connectivity index (χ3v) is 3.34. The summed E-state index contributed by atoms with van der Waals surface area (Å²) in [6.45, 7) is 4.68. The number of phenolic OH excluding ortho intramolecular Hbond substituents is 1. The standard InChI is InChI=1S/C13H16FNO2/c1-13(2)6-3-7-15(13)12(17)10-5-4-9(14)8-11(10)16/h4-5,8,16H,3,6-7H2,1-2H3. The van der Waals surface area contributed by atoms with Gasteiger partial charge in [0.05, 0.1) is 5.56 Å². The summed E-state index contributed by atoms with van der Waals surface area (Å²) in [5, 5.41) is 9.60. The first-order valence-corrected chi connectivity index (χ1v) is 5.72. The van der Waals surface area contributed by atoms with Crippen molar-refractivity contribution in [1.29, 1.82) is 0 Å². The van der Waals surface area contributed by atoms with Gasteiger partial charge in [-0.15, -0.1) is 0 Å². The van der Waals surface area contributed by atoms with E-state index in [1.165, 1.54) is 12.1 Å². The monoisotopic (exact) mass is 237 g/mol. The predicted molar refractivity (Wildman–Crippen MR) is 62.4 cm³/mol. The van der Waals surface area contributed by atoms with Crippen LogP contribution in [0.15, 0.2) is 18.2 Å². The molecule has 0 radical (unpaired) electrons. The van der Waals surface area contributed by atoms with Crippen molar-refractivity contribution >= 4 is 5.91 Å². The van der Waals surface area contributed by atoms with Crippen LogP contribution >= 0.6 is 0 Å². The zero-order valence-corrected chi connectivity index (χ0v) is 10.0. The molecule has 1 saturated heterocycles. The summed E-state index contributed by atoms with van der Waals surface area (Å²) >= 11 is 0. The van der Waals surface area contributed by atoms with E-state index in [1.54, 1.807) is 4.90 Å². The number of likely N-dealkylation sites (tertiary alicyclic amines) is 1. The molecule has 0 saturated carbocycles. The van der Waals surface area contributed by atoms with Gasteiger partial charge in [0.15, 0.2) is 0 Å². The summed E-state index contributed by atoms with van der Waals surface area (Å²) in [7, 11) is 0. The molecule has 1 aliphatic rings. The van der Waals surface area contributed by atoms with Gasteiger partial charge < -0.3 is 10.0 Å². The summed E-state index contributed by atoms with van der Waals surface area (Å²) in [6.07, 6.45) is 1.90. The maximum absolute atomic E-state index is 12.9. The maximum atomic E-state index is 12.9. The fourth-order valence-electron chi connectivity index (χ4n) is 2.31. The van der Waals surface area contributed by atoms with Crippen LogP contribution < -0.4 is 0 Å². The Kier molecular flexibility index (Phi) is 2.81. The van der Waals surface area contributed by atoms with Crippen molar-refractivity contribution in [2.75, 3.05) is 6.54 Å². The summed E-state index contributed by atoms with van der Waals surface area (Å²) in [6, 6.07) is 3.49. The Labute approximate surface area is 99.9 Å². The molecule has 92 valence electrons. The molecule has 17 heavy (non-hydrogen) atoms. The topological polar surface area (TPSA) is 40.5 Å². The highest BCUT2D eigenvalue weighted by molar-refractivity contribution is 5.97. The van der Waals surface area contributed by atoms with Gasteiger partial charge >= 0.3 is 0 Å². The normalized spacial score (nSPS) is 18.4. The molecule has 1 aromatic carbocycles. The number of halogens is 1. The zero-order chi connectivity index (χ0) is 12.6. The van der Waals surface area contributed by atoms with Gasteiger partial charge in [0.1, 0.15) is 11.6 Å². The fourth-order valence-corrected chi connectivity index (χ4v) is 2.31. The first-order valence-electron chi connectivity index (χ1n) is 5.72. The van der Waals surface area contributed by atoms with Gasteiger partial charge in [-0.1, -0.05) is 0 Å². The van der Waals surface area contributed by atoms with E-state index in [1.807, 2.05) is 13.8 Å². The Balaban J connectivity index is 2.31. The number of hydrogen-bond donors (Lipinski definition) is 1. The third-order valence-electron chi connectivity index (χ3n) is 3.34. The highest BCUT2D eigenvalue weighted by Gasteiger charge is 2.36. The summed E-state index contributed by atoms with van der Waals surface area (Å²) < 4.78 is 12.9. The van der Waals surface area contributed by atoms with Crippen LogP contribution in [0.5, 0.6) is 5.75 Å². The second-order valence-electron chi connectivity index (χ2n) is 5.03. The highest BCUT2D eigenvalue weighted by atomic mass is 19.1. The molecule has 1 aromatic rings. The Morgan fingerprint density at radius 3 is 2.71 bits per heavy atom. The molecule has 1 fully saturated rings. The minimum absolute atomic E-state index is 0.168. The molecule has 3 nitrogen and oxygen atoms in total. The van der Waals surface area contributed by atoms with Gasteiger partial charge in [-0.3, -0.25) is 4.79 Å². The van der Waals surface area contributed by atoms with Crippen LogP contribution in [-0.2, 0) is 0 Å². The quantitative estimate of drug-likeness (QED) is 0.815. The average Bonchev–Trinajstić information content (AvgIpc) is 2.57. The second kappa shape index (κ2) is 4.02. The van der Waals surface area contributed by atoms with Crippen LogP contribution in [0.3, 0.4) is 0 Å². The van der Waals surface area contributed by atoms with E-state index in [2.05, 4.69) is 0 Å². The molecule has 0 unspecified atom stereocenters. The minimum Gasteiger partial charge on any atom is -0.507 e. The number of aromatic hydroxyl groups is 1. The lowest BCUT2D eigenvalue weighted by atomic mass is 10.0. The van der Waals surface area contributed by atoms with Crippen LogP contribution in [0.4, 0.5) is 4.39 Å². The van der Waals surface area contributed by atoms with Gasteiger partial charge in [0, 0.05) is 18.2 Å². The molecular formula is C13H16FNO2. The largest absolute Gasteiger partial charge is 0.507 e. The summed E-state index contributed by atoms with van der Waals surface area (Å²) in [4.78, 5) is 14.0. The first kappa shape index (κ1) is 11.9. The molecular weight excluding hydrogens is 221 g/mol. The zero-order valence-electron chi connectivity index (χ0n) is 10.0. The molecule has 0 aliphatic carbocycles. The Morgan fingerprint density at radius 2 is 2.18 bits per heavy atom. The van der Waals surface area contributed by atoms with Crippen LogP contribution in [0.2, 0.25) is 0 Å². The van der Waals surface area contributed by atoms with Gasteiger partial charge in [0.25, 0.3) is 5.91 Å². The van der Waals surface area contributed by atoms with Crippen LogP contribution in [0.25, 0.3) is 0 Å². The molecule has 0 bridgehead atoms. The first-order chi connectivity index (χ1) is 7.92. The fraction of sp³-hybridized carbons (Fsp3) is 0.462. The molecule has 0 spiro atoms. The Hall–Kier alpha value is -1.58. The van der Waals surface area contributed by atoms with Gasteiger partial charge in [0.2, 0.25) is 0 Å². The van der Waals surface area contributed by atoms with Crippen molar-refractivity contribution in [3.05, 3.63) is 29.6 Å². The Morgan fingerprint density at radius 1 is 1.47 bits per heavy atom. The van der Waals surface area contributed by atoms with E-state index in [0.717, 1.165) is 18.9 Å². The third kappa shape index (κ3) is 2.12. The van der Waals surface area contributed by atoms with Crippen molar-refractivity contribution in [3.63, 3.8) is 0 Å². The lowest BCUT2D eigenvalue weighted by Crippen LogP contribution is -2.42. The van der Waals surface area contributed by atoms with E-state index in [4.69, 9.17) is 0 Å². The molecule has 0 atom stereocenters. The number of rotatable bonds is 1. The Bertz CT molecular complexity index is 457. The second-order valence-corrected chi connectivity index (χ2v) is 5.03. The van der Waals surface area contributed by atoms with Crippen LogP contribution in [0, 0.1) is 5.82 Å². The molecule has 2 rings (SSSR count). The molecule has 4 heteroatoms. The smallest absolute Gasteiger partial charge is 0.258 e. The predicted octanol–water partition coefficient (Wildman–Crippen LogP) is 2.55. The minimum atomic E-state index is -0.542. The van der Waals surface area contributed by atoms with E-state index < -0.39 is 5.82 Å². The number of benzene rings is 1. The SMILES string of the molecule is CC1(C)CCCN1C(=O)c1ccc(F)cc1O. The molecule has 1 heterocycles. The highest BCUT2D eigenvalue weighted by Crippen LogP contribution is 2.31. The van der Waals surface area contributed by atoms with Gasteiger partial charge in [-0.25, -0.2) is 4.39 Å². The number of carbonyl (C=O) groups excluding carboxylic acids is 1. The van der Waals surface area contributed by atoms with Crippen molar-refractivity contribution < 1.29 is 14.3 Å². The van der Waals surface area contributed by atoms with E-state index in [9.17, 15) is 14.3 Å². The molecule has 0 aromatic heterocycles. The van der Waals surface area contributed by atoms with Crippen LogP contribution in [0.1, 0.15) is 37.0 Å². The summed E-state index contributed by atoms with van der Waals surface area (Å²) in [5.41, 5.74) is -0.0286. The average molecular weight is 237 g/mol. The molecule has 1 aliphatic heterocycles. The van der Waals surface area contributed by atoms with E-state index in [0.29, 0.717) is 6.54 Å². The van der Waals surface area contributed by atoms with E-state index >= 15 is 0 Å². The van der Waals surface area contributed by atoms with Crippen molar-refractivity contribution in [3.8, 4) is 5.75 Å². The number of amides is 1. The van der Waals surface area contributed by atoms with Gasteiger partial charge in [-0.05, 0) is 38.8 Å². The van der Waals surface area contributed by atoms with E-state index in [-0.39, 0.29) is 22.8 Å². The van der Waals surface area contributed by atoms with Crippen molar-refractivity contribution in [2.45, 2.75) is 32.2 Å². The van der Waals surface area contributed by atoms with Crippen LogP contribution in [-0.4, -0.2) is 28.0 Å². The summed E-state index contributed by atoms with van der Waals surface area (Å²) in [5.74, 6) is -1.07. The molecule has 1 amide bonds.